The van der Waals surface area contributed by atoms with Gasteiger partial charge >= 0.3 is 67.3 Å². The van der Waals surface area contributed by atoms with E-state index in [9.17, 15) is 14.4 Å². The number of aliphatic carboxylic acids is 1. The molecule has 0 aromatic heterocycles. The van der Waals surface area contributed by atoms with E-state index in [1.807, 2.05) is 0 Å². The summed E-state index contributed by atoms with van der Waals surface area (Å²) in [7, 11) is 3.11. The fraction of sp³-hybridized carbons (Fsp3) is 0.500. The molecule has 0 bridgehead atoms. The van der Waals surface area contributed by atoms with Crippen molar-refractivity contribution in [3.63, 3.8) is 0 Å². The van der Waals surface area contributed by atoms with Crippen LogP contribution >= 0.6 is 40.0 Å². The van der Waals surface area contributed by atoms with Gasteiger partial charge in [-0.3, -0.25) is 9.59 Å². The van der Waals surface area contributed by atoms with Crippen LogP contribution in [0.1, 0.15) is 13.8 Å². The van der Waals surface area contributed by atoms with Crippen molar-refractivity contribution < 1.29 is 38.4 Å². The van der Waals surface area contributed by atoms with Crippen molar-refractivity contribution in [2.75, 3.05) is 14.2 Å². The fourth-order valence-electron chi connectivity index (χ4n) is 0.452. The van der Waals surface area contributed by atoms with Crippen LogP contribution in [-0.2, 0) is 33.3 Å². The zero-order valence-electron chi connectivity index (χ0n) is 11.0. The Morgan fingerprint density at radius 3 is 1.63 bits per heavy atom. The van der Waals surface area contributed by atoms with Crippen LogP contribution < -0.4 is 0 Å². The molecule has 0 radical (unpaired) electrons. The molecule has 0 aliphatic rings. The predicted octanol–water partition coefficient (Wildman–Crippen LogP) is 2.38. The summed E-state index contributed by atoms with van der Waals surface area (Å²) in [5.74, 6) is -3.29. The molecular formula is C10H16I2O6V. The van der Waals surface area contributed by atoms with Crippen LogP contribution in [0.15, 0.2) is 12.2 Å². The van der Waals surface area contributed by atoms with Gasteiger partial charge in [0.05, 0.1) is 14.2 Å². The summed E-state index contributed by atoms with van der Waals surface area (Å²) in [6.45, 7) is 6.23. The summed E-state index contributed by atoms with van der Waals surface area (Å²) < 4.78 is 8.43. The van der Waals surface area contributed by atoms with E-state index in [0.717, 1.165) is 7.11 Å². The Balaban J connectivity index is -0.000000228. The van der Waals surface area contributed by atoms with Crippen molar-refractivity contribution in [2.24, 2.45) is 5.92 Å². The van der Waals surface area contributed by atoms with Crippen molar-refractivity contribution in [1.82, 2.24) is 0 Å². The molecule has 0 spiro atoms. The Bertz CT molecular complexity index is 308. The number of hydrogen-bond donors (Lipinski definition) is 1. The van der Waals surface area contributed by atoms with Crippen molar-refractivity contribution in [3.05, 3.63) is 12.2 Å². The third kappa shape index (κ3) is 18.2. The molecule has 0 aliphatic heterocycles. The van der Waals surface area contributed by atoms with E-state index >= 15 is 0 Å². The standard InChI is InChI=1S/C5H8O4.C5H8O2.2HI.V/c1-3(4(6)7)5(8)9-2;1-4(2)5(6)7-3;;;/h3H,1-2H3,(H,6,7);1H2,2-3H3;2*1H;/q;;;;+2/p-2. The summed E-state index contributed by atoms with van der Waals surface area (Å²) in [5.41, 5.74) is 0.433. The Kier molecular flexibility index (Phi) is 20.7. The Hall–Kier alpha value is 0.194. The number of methoxy groups -OCH3 is 2. The summed E-state index contributed by atoms with van der Waals surface area (Å²) in [4.78, 5) is 30.5. The maximum atomic E-state index is 10.4. The van der Waals surface area contributed by atoms with E-state index in [0.29, 0.717) is 15.0 Å². The number of esters is 2. The molecule has 0 fully saturated rings. The molecule has 0 amide bonds. The molecule has 0 saturated heterocycles. The van der Waals surface area contributed by atoms with Gasteiger partial charge in [-0.05, 0) is 13.8 Å². The SMILES string of the molecule is C=C(C)C(=O)OC.COC(=O)C(C)C(=O)O.[I][V][I]. The molecule has 0 aliphatic carbocycles. The molecule has 0 aromatic carbocycles. The molecule has 111 valence electrons. The minimum absolute atomic E-state index is 0.347. The van der Waals surface area contributed by atoms with Gasteiger partial charge in [-0.1, -0.05) is 6.58 Å². The van der Waals surface area contributed by atoms with Crippen molar-refractivity contribution in [3.8, 4) is 0 Å². The first-order valence-corrected chi connectivity index (χ1v) is 13.7. The second-order valence-electron chi connectivity index (χ2n) is 2.92. The number of halogens is 2. The van der Waals surface area contributed by atoms with Gasteiger partial charge in [0.25, 0.3) is 0 Å². The first kappa shape index (κ1) is 24.2. The van der Waals surface area contributed by atoms with Gasteiger partial charge in [0.15, 0.2) is 5.92 Å². The maximum absolute atomic E-state index is 10.4. The van der Waals surface area contributed by atoms with Crippen molar-refractivity contribution >= 4 is 57.9 Å². The Labute approximate surface area is 141 Å². The third-order valence-corrected chi connectivity index (χ3v) is 1.46. The monoisotopic (exact) mass is 537 g/mol. The van der Waals surface area contributed by atoms with Gasteiger partial charge < -0.3 is 14.6 Å². The second-order valence-corrected chi connectivity index (χ2v) is 14.7. The molecule has 0 heterocycles. The number of carboxylic acid groups (broad SMARTS) is 1. The van der Waals surface area contributed by atoms with Gasteiger partial charge in [0.1, 0.15) is 0 Å². The van der Waals surface area contributed by atoms with Gasteiger partial charge in [0.2, 0.25) is 0 Å². The van der Waals surface area contributed by atoms with Crippen LogP contribution in [0.5, 0.6) is 0 Å². The molecule has 19 heavy (non-hydrogen) atoms. The van der Waals surface area contributed by atoms with Crippen LogP contribution in [0.3, 0.4) is 0 Å². The van der Waals surface area contributed by atoms with Gasteiger partial charge in [-0.25, -0.2) is 4.79 Å². The van der Waals surface area contributed by atoms with Gasteiger partial charge in [0, 0.05) is 5.57 Å². The molecule has 0 aromatic rings. The molecule has 0 rings (SSSR count). The van der Waals surface area contributed by atoms with E-state index in [1.165, 1.54) is 14.0 Å². The quantitative estimate of drug-likeness (QED) is 0.258. The third-order valence-electron chi connectivity index (χ3n) is 1.46. The first-order chi connectivity index (χ1) is 8.69. The van der Waals surface area contributed by atoms with Crippen LogP contribution in [0.4, 0.5) is 0 Å². The molecule has 1 N–H and O–H groups in total. The second kappa shape index (κ2) is 16.2. The zero-order valence-corrected chi connectivity index (χ0v) is 16.7. The van der Waals surface area contributed by atoms with E-state index in [2.05, 4.69) is 56.0 Å². The number of ether oxygens (including phenoxy) is 2. The van der Waals surface area contributed by atoms with Crippen molar-refractivity contribution in [1.29, 1.82) is 0 Å². The minimum atomic E-state index is -1.16. The Morgan fingerprint density at radius 1 is 1.21 bits per heavy atom. The fourth-order valence-corrected chi connectivity index (χ4v) is 0.452. The number of hydrogen-bond acceptors (Lipinski definition) is 5. The molecule has 0 saturated carbocycles. The van der Waals surface area contributed by atoms with E-state index in [-0.39, 0.29) is 5.97 Å². The van der Waals surface area contributed by atoms with Crippen LogP contribution in [0.2, 0.25) is 0 Å². The summed E-state index contributed by atoms with van der Waals surface area (Å²) >= 11 is 4.74. The normalized spacial score (nSPS) is 9.37. The van der Waals surface area contributed by atoms with E-state index in [1.54, 1.807) is 6.92 Å². The number of carbonyl (C=O) groups excluding carboxylic acids is 2. The van der Waals surface area contributed by atoms with Crippen LogP contribution in [0.25, 0.3) is 0 Å². The average Bonchev–Trinajstić information content (AvgIpc) is 2.37. The summed E-state index contributed by atoms with van der Waals surface area (Å²) in [6.07, 6.45) is 0. The van der Waals surface area contributed by atoms with Gasteiger partial charge in [-0.2, -0.15) is 0 Å². The molecule has 6 nitrogen and oxygen atoms in total. The van der Waals surface area contributed by atoms with E-state index in [4.69, 9.17) is 5.11 Å². The number of carbonyl (C=O) groups is 3. The van der Waals surface area contributed by atoms with E-state index < -0.39 is 17.9 Å². The summed E-state index contributed by atoms with van der Waals surface area (Å²) in [5, 5.41) is 8.18. The molecule has 1 unspecified atom stereocenters. The summed E-state index contributed by atoms with van der Waals surface area (Å²) in [6, 6.07) is 0. The Morgan fingerprint density at radius 2 is 1.58 bits per heavy atom. The van der Waals surface area contributed by atoms with Crippen molar-refractivity contribution in [2.45, 2.75) is 13.8 Å². The van der Waals surface area contributed by atoms with Crippen LogP contribution in [-0.4, -0.2) is 37.2 Å². The first-order valence-electron chi connectivity index (χ1n) is 4.66. The van der Waals surface area contributed by atoms with Crippen LogP contribution in [0, 0.1) is 5.92 Å². The number of rotatable bonds is 3. The molecule has 9 heteroatoms. The zero-order chi connectivity index (χ0) is 16.0. The predicted molar refractivity (Wildman–Crippen MR) is 83.7 cm³/mol. The van der Waals surface area contributed by atoms with Gasteiger partial charge in [-0.15, -0.1) is 0 Å². The average molecular weight is 537 g/mol. The topological polar surface area (TPSA) is 89.9 Å². The number of carboxylic acids is 1. The molecular weight excluding hydrogens is 521 g/mol. The molecule has 1 atom stereocenters.